The fraction of sp³-hybridized carbons (Fsp3) is 0.458. The van der Waals surface area contributed by atoms with E-state index in [9.17, 15) is 0 Å². The van der Waals surface area contributed by atoms with Gasteiger partial charge in [0, 0.05) is 41.3 Å². The van der Waals surface area contributed by atoms with E-state index in [4.69, 9.17) is 5.10 Å². The third-order valence-corrected chi connectivity index (χ3v) is 6.00. The van der Waals surface area contributed by atoms with Gasteiger partial charge in [-0.3, -0.25) is 10.9 Å². The van der Waals surface area contributed by atoms with E-state index in [1.54, 1.807) is 0 Å². The Labute approximate surface area is 173 Å². The average molecular weight is 392 g/mol. The van der Waals surface area contributed by atoms with Crippen molar-refractivity contribution >= 4 is 10.8 Å². The van der Waals surface area contributed by atoms with Crippen LogP contribution >= 0.6 is 0 Å². The van der Waals surface area contributed by atoms with Crippen LogP contribution in [0.1, 0.15) is 50.9 Å². The van der Waals surface area contributed by atoms with Gasteiger partial charge in [-0.05, 0) is 44.1 Å². The van der Waals surface area contributed by atoms with E-state index in [2.05, 4.69) is 91.0 Å². The van der Waals surface area contributed by atoms with Gasteiger partial charge in [-0.1, -0.05) is 50.2 Å². The Kier molecular flexibility index (Phi) is 5.99. The van der Waals surface area contributed by atoms with Crippen LogP contribution < -0.4 is 16.2 Å². The third-order valence-electron chi connectivity index (χ3n) is 6.00. The zero-order valence-electron chi connectivity index (χ0n) is 17.9. The van der Waals surface area contributed by atoms with E-state index in [-0.39, 0.29) is 6.04 Å². The van der Waals surface area contributed by atoms with Gasteiger partial charge in [-0.25, -0.2) is 4.68 Å². The van der Waals surface area contributed by atoms with Gasteiger partial charge in [0.1, 0.15) is 0 Å². The van der Waals surface area contributed by atoms with Crippen molar-refractivity contribution in [1.29, 1.82) is 0 Å². The number of fused-ring (bicyclic) bond motifs is 1. The molecule has 5 nitrogen and oxygen atoms in total. The molecule has 4 rings (SSSR count). The van der Waals surface area contributed by atoms with Crippen LogP contribution in [0.15, 0.2) is 48.7 Å². The van der Waals surface area contributed by atoms with Crippen LogP contribution in [0.2, 0.25) is 0 Å². The maximum absolute atomic E-state index is 4.73. The highest BCUT2D eigenvalue weighted by atomic mass is 15.4. The molecule has 1 aromatic heterocycles. The molecule has 2 aromatic carbocycles. The molecule has 154 valence electrons. The Balaban J connectivity index is 1.44. The van der Waals surface area contributed by atoms with Crippen molar-refractivity contribution in [3.05, 3.63) is 59.9 Å². The van der Waals surface area contributed by atoms with Crippen molar-refractivity contribution in [3.8, 4) is 5.69 Å². The Morgan fingerprint density at radius 1 is 1.07 bits per heavy atom. The maximum Gasteiger partial charge on any atom is 0.0727 e. The summed E-state index contributed by atoms with van der Waals surface area (Å²) >= 11 is 0. The number of benzene rings is 2. The first-order chi connectivity index (χ1) is 14.0. The van der Waals surface area contributed by atoms with Crippen molar-refractivity contribution in [2.75, 3.05) is 6.54 Å². The van der Waals surface area contributed by atoms with E-state index in [1.807, 2.05) is 6.20 Å². The van der Waals surface area contributed by atoms with E-state index in [1.165, 1.54) is 34.9 Å². The highest BCUT2D eigenvalue weighted by Gasteiger charge is 2.25. The van der Waals surface area contributed by atoms with Crippen molar-refractivity contribution in [1.82, 2.24) is 25.9 Å². The lowest BCUT2D eigenvalue weighted by atomic mass is 10.00. The molecule has 0 spiro atoms. The number of rotatable bonds is 7. The maximum atomic E-state index is 4.73. The number of nitrogens with one attached hydrogen (secondary N) is 3. The second kappa shape index (κ2) is 8.66. The SMILES string of the molecule is Cc1c(C(C)NCC2CC(CC(C)C)NN2)cnn1-c1cccc2ccccc12. The van der Waals surface area contributed by atoms with E-state index < -0.39 is 0 Å². The summed E-state index contributed by atoms with van der Waals surface area (Å²) in [6.07, 6.45) is 4.40. The molecule has 3 aromatic rings. The average Bonchev–Trinajstić information content (AvgIpc) is 3.31. The first-order valence-corrected chi connectivity index (χ1v) is 10.8. The molecule has 3 atom stereocenters. The molecule has 2 heterocycles. The number of hydrazine groups is 1. The van der Waals surface area contributed by atoms with Gasteiger partial charge in [-0.15, -0.1) is 0 Å². The van der Waals surface area contributed by atoms with Gasteiger partial charge in [-0.2, -0.15) is 5.10 Å². The van der Waals surface area contributed by atoms with Crippen LogP contribution in [-0.2, 0) is 0 Å². The second-order valence-electron chi connectivity index (χ2n) is 8.77. The lowest BCUT2D eigenvalue weighted by molar-refractivity contribution is 0.445. The highest BCUT2D eigenvalue weighted by Crippen LogP contribution is 2.26. The summed E-state index contributed by atoms with van der Waals surface area (Å²) in [5.74, 6) is 0.725. The lowest BCUT2D eigenvalue weighted by Crippen LogP contribution is -2.39. The normalized spacial score (nSPS) is 20.6. The van der Waals surface area contributed by atoms with Gasteiger partial charge in [0.2, 0.25) is 0 Å². The first-order valence-electron chi connectivity index (χ1n) is 10.8. The Bertz CT molecular complexity index is 956. The highest BCUT2D eigenvalue weighted by molar-refractivity contribution is 5.90. The number of hydrogen-bond donors (Lipinski definition) is 3. The summed E-state index contributed by atoms with van der Waals surface area (Å²) in [5.41, 5.74) is 10.5. The lowest BCUT2D eigenvalue weighted by Gasteiger charge is -2.17. The van der Waals surface area contributed by atoms with Crippen molar-refractivity contribution < 1.29 is 0 Å². The zero-order valence-corrected chi connectivity index (χ0v) is 17.9. The minimum Gasteiger partial charge on any atom is -0.308 e. The molecule has 29 heavy (non-hydrogen) atoms. The van der Waals surface area contributed by atoms with Gasteiger partial charge in [0.05, 0.1) is 11.9 Å². The Morgan fingerprint density at radius 3 is 2.66 bits per heavy atom. The van der Waals surface area contributed by atoms with Crippen LogP contribution in [0.4, 0.5) is 0 Å². The Morgan fingerprint density at radius 2 is 1.83 bits per heavy atom. The predicted molar refractivity (Wildman–Crippen MR) is 120 cm³/mol. The standard InChI is InChI=1S/C24H33N5/c1-16(2)12-20-13-21(28-27-20)14-25-17(3)23-15-26-29(18(23)4)24-11-7-9-19-8-5-6-10-22(19)24/h5-11,15-17,20-21,25,27-28H,12-14H2,1-4H3. The molecule has 0 saturated carbocycles. The van der Waals surface area contributed by atoms with Gasteiger partial charge in [0.25, 0.3) is 0 Å². The summed E-state index contributed by atoms with van der Waals surface area (Å²) in [6.45, 7) is 9.90. The molecule has 0 aliphatic carbocycles. The molecule has 1 fully saturated rings. The predicted octanol–water partition coefficient (Wildman–Crippen LogP) is 4.27. The van der Waals surface area contributed by atoms with E-state index >= 15 is 0 Å². The van der Waals surface area contributed by atoms with Crippen molar-refractivity contribution in [3.63, 3.8) is 0 Å². The first kappa shape index (κ1) is 20.1. The monoisotopic (exact) mass is 391 g/mol. The summed E-state index contributed by atoms with van der Waals surface area (Å²) in [7, 11) is 0. The van der Waals surface area contributed by atoms with Crippen LogP contribution in [0.5, 0.6) is 0 Å². The number of hydrogen-bond acceptors (Lipinski definition) is 4. The van der Waals surface area contributed by atoms with Crippen molar-refractivity contribution in [2.45, 2.75) is 58.7 Å². The largest absolute Gasteiger partial charge is 0.308 e. The molecule has 1 aliphatic rings. The van der Waals surface area contributed by atoms with Crippen LogP contribution in [0.3, 0.4) is 0 Å². The van der Waals surface area contributed by atoms with Crippen molar-refractivity contribution in [2.24, 2.45) is 5.92 Å². The van der Waals surface area contributed by atoms with Gasteiger partial charge in [0.15, 0.2) is 0 Å². The molecule has 0 bridgehead atoms. The van der Waals surface area contributed by atoms with Gasteiger partial charge >= 0.3 is 0 Å². The molecule has 5 heteroatoms. The molecule has 0 amide bonds. The molecule has 3 N–H and O–H groups in total. The topological polar surface area (TPSA) is 53.9 Å². The fourth-order valence-corrected chi connectivity index (χ4v) is 4.47. The summed E-state index contributed by atoms with van der Waals surface area (Å²) in [5, 5.41) is 10.9. The number of aromatic nitrogens is 2. The second-order valence-corrected chi connectivity index (χ2v) is 8.77. The third kappa shape index (κ3) is 4.37. The molecular formula is C24H33N5. The van der Waals surface area contributed by atoms with E-state index in [0.717, 1.165) is 18.2 Å². The molecule has 0 radical (unpaired) electrons. The van der Waals surface area contributed by atoms with Crippen LogP contribution in [0.25, 0.3) is 16.5 Å². The molecule has 1 aliphatic heterocycles. The minimum absolute atomic E-state index is 0.254. The summed E-state index contributed by atoms with van der Waals surface area (Å²) < 4.78 is 2.07. The fourth-order valence-electron chi connectivity index (χ4n) is 4.47. The molecule has 1 saturated heterocycles. The Hall–Kier alpha value is -2.21. The minimum atomic E-state index is 0.254. The zero-order chi connectivity index (χ0) is 20.4. The van der Waals surface area contributed by atoms with Gasteiger partial charge < -0.3 is 5.32 Å². The quantitative estimate of drug-likeness (QED) is 0.563. The van der Waals surface area contributed by atoms with E-state index in [0.29, 0.717) is 12.1 Å². The molecule has 3 unspecified atom stereocenters. The summed E-state index contributed by atoms with van der Waals surface area (Å²) in [6, 6.07) is 16.2. The van der Waals surface area contributed by atoms with Crippen LogP contribution in [-0.4, -0.2) is 28.4 Å². The molecular weight excluding hydrogens is 358 g/mol. The smallest absolute Gasteiger partial charge is 0.0727 e. The number of nitrogens with zero attached hydrogens (tertiary/aromatic N) is 2. The van der Waals surface area contributed by atoms with Crippen LogP contribution in [0, 0.1) is 12.8 Å². The summed E-state index contributed by atoms with van der Waals surface area (Å²) in [4.78, 5) is 0.